The summed E-state index contributed by atoms with van der Waals surface area (Å²) in [6.45, 7) is 0.185. The summed E-state index contributed by atoms with van der Waals surface area (Å²) in [6.07, 6.45) is 0.723. The Labute approximate surface area is 58.3 Å². The van der Waals surface area contributed by atoms with Crippen LogP contribution in [0.2, 0.25) is 0 Å². The van der Waals surface area contributed by atoms with Gasteiger partial charge in [0.25, 0.3) is 0 Å². The lowest BCUT2D eigenvalue weighted by Crippen LogP contribution is -2.10. The third kappa shape index (κ3) is 5.45. The van der Waals surface area contributed by atoms with Gasteiger partial charge in [0, 0.05) is 12.4 Å². The molecule has 0 unspecified atom stereocenters. The van der Waals surface area contributed by atoms with Gasteiger partial charge in [-0.1, -0.05) is 11.8 Å². The van der Waals surface area contributed by atoms with E-state index in [9.17, 15) is 0 Å². The molecule has 0 aliphatic carbocycles. The molecule has 0 aliphatic heterocycles. The fourth-order valence-electron chi connectivity index (χ4n) is 0.279. The predicted octanol–water partition coefficient (Wildman–Crippen LogP) is -0.710. The van der Waals surface area contributed by atoms with Crippen molar-refractivity contribution in [2.75, 3.05) is 12.4 Å². The Hall–Kier alpha value is -0.420. The number of hydrogen-bond donors (Lipinski definition) is 3. The van der Waals surface area contributed by atoms with Crippen LogP contribution in [0.15, 0.2) is 5.10 Å². The SMILES string of the molecule is NN=C(N)SCCCO. The molecule has 0 fully saturated rings. The van der Waals surface area contributed by atoms with Gasteiger partial charge < -0.3 is 16.7 Å². The molecule has 54 valence electrons. The fourth-order valence-corrected chi connectivity index (χ4v) is 0.836. The Morgan fingerprint density at radius 3 is 2.78 bits per heavy atom. The molecule has 0 aromatic heterocycles. The first-order valence-electron chi connectivity index (χ1n) is 2.58. The molecule has 0 spiro atoms. The van der Waals surface area contributed by atoms with E-state index in [4.69, 9.17) is 16.7 Å². The number of aliphatic hydroxyl groups excluding tert-OH is 1. The highest BCUT2D eigenvalue weighted by Gasteiger charge is 1.90. The minimum atomic E-state index is 0.185. The van der Waals surface area contributed by atoms with Crippen LogP contribution in [-0.2, 0) is 0 Å². The van der Waals surface area contributed by atoms with E-state index in [1.54, 1.807) is 0 Å². The van der Waals surface area contributed by atoms with Gasteiger partial charge in [0.15, 0.2) is 5.17 Å². The standard InChI is InChI=1S/C4H11N3OS/c5-4(7-6)9-3-1-2-8/h8H,1-3,6H2,(H2,5,7). The molecular formula is C4H11N3OS. The summed E-state index contributed by atoms with van der Waals surface area (Å²) >= 11 is 1.34. The van der Waals surface area contributed by atoms with E-state index < -0.39 is 0 Å². The molecule has 0 radical (unpaired) electrons. The van der Waals surface area contributed by atoms with Gasteiger partial charge in [0.1, 0.15) is 0 Å². The first kappa shape index (κ1) is 8.58. The maximum atomic E-state index is 8.33. The molecule has 5 N–H and O–H groups in total. The van der Waals surface area contributed by atoms with Gasteiger partial charge in [-0.3, -0.25) is 0 Å². The molecule has 0 saturated heterocycles. The average Bonchev–Trinajstić information content (AvgIpc) is 1.89. The number of nitrogens with zero attached hydrogens (tertiary/aromatic N) is 1. The van der Waals surface area contributed by atoms with E-state index in [1.165, 1.54) is 11.8 Å². The quantitative estimate of drug-likeness (QED) is 0.163. The van der Waals surface area contributed by atoms with E-state index in [-0.39, 0.29) is 6.61 Å². The molecule has 0 aromatic rings. The maximum Gasteiger partial charge on any atom is 0.177 e. The zero-order valence-electron chi connectivity index (χ0n) is 5.08. The molecule has 0 saturated carbocycles. The molecular weight excluding hydrogens is 138 g/mol. The largest absolute Gasteiger partial charge is 0.396 e. The summed E-state index contributed by atoms with van der Waals surface area (Å²) in [7, 11) is 0. The Morgan fingerprint density at radius 1 is 1.67 bits per heavy atom. The van der Waals surface area contributed by atoms with Crippen molar-refractivity contribution in [1.29, 1.82) is 0 Å². The van der Waals surface area contributed by atoms with Gasteiger partial charge in [0.05, 0.1) is 0 Å². The summed E-state index contributed by atoms with van der Waals surface area (Å²) in [5.74, 6) is 5.60. The summed E-state index contributed by atoms with van der Waals surface area (Å²) in [5, 5.41) is 11.9. The Balaban J connectivity index is 3.07. The fraction of sp³-hybridized carbons (Fsp3) is 0.750. The van der Waals surface area contributed by atoms with Crippen molar-refractivity contribution < 1.29 is 5.11 Å². The molecule has 5 heteroatoms. The van der Waals surface area contributed by atoms with Crippen LogP contribution in [0.25, 0.3) is 0 Å². The summed E-state index contributed by atoms with van der Waals surface area (Å²) < 4.78 is 0. The van der Waals surface area contributed by atoms with Gasteiger partial charge in [-0.05, 0) is 6.42 Å². The summed E-state index contributed by atoms with van der Waals surface area (Å²) in [6, 6.07) is 0. The average molecular weight is 149 g/mol. The van der Waals surface area contributed by atoms with Crippen molar-refractivity contribution in [2.45, 2.75) is 6.42 Å². The highest BCUT2D eigenvalue weighted by Crippen LogP contribution is 1.99. The third-order valence-electron chi connectivity index (χ3n) is 0.680. The normalized spacial score (nSPS) is 11.9. The van der Waals surface area contributed by atoms with Crippen molar-refractivity contribution in [3.8, 4) is 0 Å². The van der Waals surface area contributed by atoms with Gasteiger partial charge in [-0.15, -0.1) is 0 Å². The number of nitrogens with two attached hydrogens (primary N) is 2. The zero-order chi connectivity index (χ0) is 7.11. The molecule has 4 nitrogen and oxygen atoms in total. The number of aliphatic hydroxyl groups is 1. The van der Waals surface area contributed by atoms with Gasteiger partial charge >= 0.3 is 0 Å². The number of rotatable bonds is 3. The number of hydrogen-bond acceptors (Lipinski definition) is 4. The number of amidine groups is 1. The van der Waals surface area contributed by atoms with E-state index in [2.05, 4.69) is 5.10 Å². The third-order valence-corrected chi connectivity index (χ3v) is 1.57. The Morgan fingerprint density at radius 2 is 2.33 bits per heavy atom. The maximum absolute atomic E-state index is 8.33. The molecule has 0 atom stereocenters. The van der Waals surface area contributed by atoms with E-state index in [1.807, 2.05) is 0 Å². The minimum absolute atomic E-state index is 0.185. The van der Waals surface area contributed by atoms with Crippen LogP contribution in [0, 0.1) is 0 Å². The number of hydrazone groups is 1. The number of thioether (sulfide) groups is 1. The second-order valence-corrected chi connectivity index (χ2v) is 2.51. The Bertz CT molecular complexity index is 95.8. The lowest BCUT2D eigenvalue weighted by molar-refractivity contribution is 0.296. The molecule has 0 aliphatic rings. The van der Waals surface area contributed by atoms with Crippen LogP contribution in [0.1, 0.15) is 6.42 Å². The minimum Gasteiger partial charge on any atom is -0.396 e. The monoisotopic (exact) mass is 149 g/mol. The highest BCUT2D eigenvalue weighted by atomic mass is 32.2. The van der Waals surface area contributed by atoms with E-state index in [0.717, 1.165) is 12.2 Å². The van der Waals surface area contributed by atoms with Crippen LogP contribution in [0.4, 0.5) is 0 Å². The molecule has 9 heavy (non-hydrogen) atoms. The highest BCUT2D eigenvalue weighted by molar-refractivity contribution is 8.13. The first-order valence-corrected chi connectivity index (χ1v) is 3.57. The van der Waals surface area contributed by atoms with E-state index >= 15 is 0 Å². The molecule has 0 rings (SSSR count). The lowest BCUT2D eigenvalue weighted by Gasteiger charge is -1.94. The second kappa shape index (κ2) is 5.71. The van der Waals surface area contributed by atoms with Crippen molar-refractivity contribution >= 4 is 16.9 Å². The molecule has 0 aromatic carbocycles. The summed E-state index contributed by atoms with van der Waals surface area (Å²) in [5.41, 5.74) is 5.22. The smallest absolute Gasteiger partial charge is 0.177 e. The van der Waals surface area contributed by atoms with Crippen LogP contribution in [0.3, 0.4) is 0 Å². The second-order valence-electron chi connectivity index (χ2n) is 1.39. The zero-order valence-corrected chi connectivity index (χ0v) is 5.90. The van der Waals surface area contributed by atoms with Crippen molar-refractivity contribution in [1.82, 2.24) is 0 Å². The first-order chi connectivity index (χ1) is 4.31. The Kier molecular flexibility index (Phi) is 5.45. The van der Waals surface area contributed by atoms with Gasteiger partial charge in [-0.2, -0.15) is 5.10 Å². The molecule has 0 heterocycles. The van der Waals surface area contributed by atoms with Gasteiger partial charge in [-0.25, -0.2) is 0 Å². The van der Waals surface area contributed by atoms with Crippen molar-refractivity contribution in [3.63, 3.8) is 0 Å². The molecule has 0 bridgehead atoms. The van der Waals surface area contributed by atoms with Crippen LogP contribution < -0.4 is 11.6 Å². The lowest BCUT2D eigenvalue weighted by atomic mass is 10.5. The molecule has 0 amide bonds. The summed E-state index contributed by atoms with van der Waals surface area (Å²) in [4.78, 5) is 0. The van der Waals surface area contributed by atoms with Crippen LogP contribution in [-0.4, -0.2) is 22.6 Å². The van der Waals surface area contributed by atoms with Crippen LogP contribution in [0.5, 0.6) is 0 Å². The van der Waals surface area contributed by atoms with Gasteiger partial charge in [0.2, 0.25) is 0 Å². The topological polar surface area (TPSA) is 84.6 Å². The van der Waals surface area contributed by atoms with Crippen LogP contribution >= 0.6 is 11.8 Å². The van der Waals surface area contributed by atoms with Crippen molar-refractivity contribution in [2.24, 2.45) is 16.7 Å². The van der Waals surface area contributed by atoms with E-state index in [0.29, 0.717) is 5.17 Å². The van der Waals surface area contributed by atoms with Crippen molar-refractivity contribution in [3.05, 3.63) is 0 Å². The predicted molar refractivity (Wildman–Crippen MR) is 40.0 cm³/mol.